The molecule has 1 aliphatic rings. The van der Waals surface area contributed by atoms with E-state index in [9.17, 15) is 22.8 Å². The number of anilines is 1. The maximum Gasteiger partial charge on any atom is 0.573 e. The van der Waals surface area contributed by atoms with Crippen LogP contribution in [0.1, 0.15) is 10.6 Å². The SMILES string of the molecule is O=C(CN1CCN(C(=O)c2ccco2)CC1)Nc1ccc(OC(F)(F)F)cc1. The number of benzene rings is 1. The summed E-state index contributed by atoms with van der Waals surface area (Å²) in [6.07, 6.45) is -3.32. The van der Waals surface area contributed by atoms with E-state index in [-0.39, 0.29) is 29.9 Å². The van der Waals surface area contributed by atoms with E-state index in [1.807, 2.05) is 4.90 Å². The number of halogens is 3. The summed E-state index contributed by atoms with van der Waals surface area (Å²) in [4.78, 5) is 27.9. The minimum absolute atomic E-state index is 0.115. The van der Waals surface area contributed by atoms with E-state index in [2.05, 4.69) is 10.1 Å². The second-order valence-electron chi connectivity index (χ2n) is 6.17. The highest BCUT2D eigenvalue weighted by Gasteiger charge is 2.31. The molecule has 1 fully saturated rings. The predicted octanol–water partition coefficient (Wildman–Crippen LogP) is 2.57. The Morgan fingerprint density at radius 2 is 1.75 bits per heavy atom. The highest BCUT2D eigenvalue weighted by molar-refractivity contribution is 5.92. The topological polar surface area (TPSA) is 75.0 Å². The molecule has 10 heteroatoms. The normalized spacial score (nSPS) is 15.3. The second-order valence-corrected chi connectivity index (χ2v) is 6.17. The van der Waals surface area contributed by atoms with Gasteiger partial charge in [-0.2, -0.15) is 0 Å². The molecule has 0 bridgehead atoms. The van der Waals surface area contributed by atoms with Gasteiger partial charge in [-0.25, -0.2) is 0 Å². The van der Waals surface area contributed by atoms with Gasteiger partial charge in [-0.1, -0.05) is 0 Å². The number of ether oxygens (including phenoxy) is 1. The van der Waals surface area contributed by atoms with Gasteiger partial charge in [0.15, 0.2) is 5.76 Å². The quantitative estimate of drug-likeness (QED) is 0.840. The zero-order valence-corrected chi connectivity index (χ0v) is 14.7. The molecule has 2 aromatic rings. The van der Waals surface area contributed by atoms with Crippen LogP contribution in [0.2, 0.25) is 0 Å². The molecule has 1 saturated heterocycles. The van der Waals surface area contributed by atoms with Crippen molar-refractivity contribution in [1.82, 2.24) is 9.80 Å². The van der Waals surface area contributed by atoms with E-state index in [1.54, 1.807) is 17.0 Å². The first-order valence-corrected chi connectivity index (χ1v) is 8.51. The molecule has 1 N–H and O–H groups in total. The smallest absolute Gasteiger partial charge is 0.459 e. The number of piperazine rings is 1. The molecule has 2 heterocycles. The minimum Gasteiger partial charge on any atom is -0.459 e. The second kappa shape index (κ2) is 8.34. The number of hydrogen-bond donors (Lipinski definition) is 1. The number of nitrogens with zero attached hydrogens (tertiary/aromatic N) is 2. The first-order valence-electron chi connectivity index (χ1n) is 8.51. The van der Waals surface area contributed by atoms with Gasteiger partial charge in [0.2, 0.25) is 5.91 Å². The standard InChI is InChI=1S/C18H18F3N3O4/c19-18(20,21)28-14-5-3-13(4-6-14)22-16(25)12-23-7-9-24(10-8-23)17(26)15-2-1-11-27-15/h1-6,11H,7-10,12H2,(H,22,25). The van der Waals surface area contributed by atoms with Crippen LogP contribution in [0.25, 0.3) is 0 Å². The van der Waals surface area contributed by atoms with E-state index in [0.29, 0.717) is 31.9 Å². The zero-order chi connectivity index (χ0) is 20.1. The van der Waals surface area contributed by atoms with Gasteiger partial charge < -0.3 is 19.4 Å². The average Bonchev–Trinajstić information content (AvgIpc) is 3.17. The number of alkyl halides is 3. The van der Waals surface area contributed by atoms with Crippen LogP contribution in [0.3, 0.4) is 0 Å². The lowest BCUT2D eigenvalue weighted by molar-refractivity contribution is -0.274. The van der Waals surface area contributed by atoms with Gasteiger partial charge in [0.1, 0.15) is 5.75 Å². The number of amides is 2. The Bertz CT molecular complexity index is 798. The molecule has 28 heavy (non-hydrogen) atoms. The number of carbonyl (C=O) groups is 2. The summed E-state index contributed by atoms with van der Waals surface area (Å²) in [5.74, 6) is -0.558. The Morgan fingerprint density at radius 3 is 2.32 bits per heavy atom. The largest absolute Gasteiger partial charge is 0.573 e. The number of hydrogen-bond acceptors (Lipinski definition) is 5. The molecule has 0 aliphatic carbocycles. The lowest BCUT2D eigenvalue weighted by Crippen LogP contribution is -2.50. The van der Waals surface area contributed by atoms with Gasteiger partial charge in [0.25, 0.3) is 5.91 Å². The monoisotopic (exact) mass is 397 g/mol. The summed E-state index contributed by atoms with van der Waals surface area (Å²) in [5, 5.41) is 2.62. The molecular weight excluding hydrogens is 379 g/mol. The molecule has 1 aliphatic heterocycles. The molecule has 1 aromatic carbocycles. The molecule has 0 spiro atoms. The van der Waals surface area contributed by atoms with E-state index >= 15 is 0 Å². The fourth-order valence-electron chi connectivity index (χ4n) is 2.81. The van der Waals surface area contributed by atoms with E-state index in [0.717, 1.165) is 12.1 Å². The first kappa shape index (κ1) is 19.7. The highest BCUT2D eigenvalue weighted by Crippen LogP contribution is 2.24. The average molecular weight is 397 g/mol. The van der Waals surface area contributed by atoms with Crippen LogP contribution in [-0.2, 0) is 4.79 Å². The molecule has 150 valence electrons. The third-order valence-electron chi connectivity index (χ3n) is 4.13. The van der Waals surface area contributed by atoms with Crippen molar-refractivity contribution in [3.8, 4) is 5.75 Å². The fourth-order valence-corrected chi connectivity index (χ4v) is 2.81. The third-order valence-corrected chi connectivity index (χ3v) is 4.13. The molecule has 0 unspecified atom stereocenters. The summed E-state index contributed by atoms with van der Waals surface area (Å²) in [6.45, 7) is 2.10. The summed E-state index contributed by atoms with van der Waals surface area (Å²) < 4.78 is 45.3. The van der Waals surface area contributed by atoms with Crippen molar-refractivity contribution in [2.75, 3.05) is 38.0 Å². The van der Waals surface area contributed by atoms with Crippen molar-refractivity contribution >= 4 is 17.5 Å². The molecule has 3 rings (SSSR count). The van der Waals surface area contributed by atoms with E-state index in [1.165, 1.54) is 18.4 Å². The molecule has 0 saturated carbocycles. The number of nitrogens with one attached hydrogen (secondary N) is 1. The van der Waals surface area contributed by atoms with Crippen molar-refractivity contribution in [2.45, 2.75) is 6.36 Å². The Kier molecular flexibility index (Phi) is 5.88. The minimum atomic E-state index is -4.76. The van der Waals surface area contributed by atoms with Crippen LogP contribution in [0, 0.1) is 0 Å². The number of rotatable bonds is 5. The maximum atomic E-state index is 12.2. The molecule has 1 aromatic heterocycles. The van der Waals surface area contributed by atoms with Crippen LogP contribution in [-0.4, -0.2) is 60.7 Å². The Hall–Kier alpha value is -3.01. The Balaban J connectivity index is 1.44. The fraction of sp³-hybridized carbons (Fsp3) is 0.333. The van der Waals surface area contributed by atoms with Gasteiger partial charge in [0.05, 0.1) is 12.8 Å². The zero-order valence-electron chi connectivity index (χ0n) is 14.7. The van der Waals surface area contributed by atoms with Crippen molar-refractivity contribution in [3.63, 3.8) is 0 Å². The predicted molar refractivity (Wildman–Crippen MR) is 92.8 cm³/mol. The highest BCUT2D eigenvalue weighted by atomic mass is 19.4. The molecular formula is C18H18F3N3O4. The van der Waals surface area contributed by atoms with Crippen LogP contribution >= 0.6 is 0 Å². The van der Waals surface area contributed by atoms with Crippen LogP contribution in [0.4, 0.5) is 18.9 Å². The van der Waals surface area contributed by atoms with Gasteiger partial charge in [-0.15, -0.1) is 13.2 Å². The summed E-state index contributed by atoms with van der Waals surface area (Å²) in [6, 6.07) is 8.17. The van der Waals surface area contributed by atoms with Crippen molar-refractivity contribution < 1.29 is 31.9 Å². The Morgan fingerprint density at radius 1 is 1.07 bits per heavy atom. The molecule has 0 atom stereocenters. The van der Waals surface area contributed by atoms with Crippen LogP contribution < -0.4 is 10.1 Å². The lowest BCUT2D eigenvalue weighted by Gasteiger charge is -2.33. The Labute approximate surface area is 158 Å². The first-order chi connectivity index (χ1) is 13.3. The molecule has 0 radical (unpaired) electrons. The summed E-state index contributed by atoms with van der Waals surface area (Å²) in [7, 11) is 0. The van der Waals surface area contributed by atoms with Crippen molar-refractivity contribution in [3.05, 3.63) is 48.4 Å². The lowest BCUT2D eigenvalue weighted by atomic mass is 10.2. The van der Waals surface area contributed by atoms with Crippen molar-refractivity contribution in [2.24, 2.45) is 0 Å². The third kappa shape index (κ3) is 5.49. The number of carbonyl (C=O) groups excluding carboxylic acids is 2. The molecule has 2 amide bonds. The van der Waals surface area contributed by atoms with Gasteiger partial charge >= 0.3 is 6.36 Å². The van der Waals surface area contributed by atoms with Gasteiger partial charge in [0, 0.05) is 31.9 Å². The van der Waals surface area contributed by atoms with E-state index in [4.69, 9.17) is 4.42 Å². The van der Waals surface area contributed by atoms with Gasteiger partial charge in [-0.05, 0) is 36.4 Å². The van der Waals surface area contributed by atoms with Crippen molar-refractivity contribution in [1.29, 1.82) is 0 Å². The van der Waals surface area contributed by atoms with Crippen LogP contribution in [0.5, 0.6) is 5.75 Å². The van der Waals surface area contributed by atoms with Gasteiger partial charge in [-0.3, -0.25) is 14.5 Å². The summed E-state index contributed by atoms with van der Waals surface area (Å²) in [5.41, 5.74) is 0.367. The van der Waals surface area contributed by atoms with E-state index < -0.39 is 6.36 Å². The van der Waals surface area contributed by atoms with Crippen LogP contribution in [0.15, 0.2) is 47.1 Å². The summed E-state index contributed by atoms with van der Waals surface area (Å²) >= 11 is 0. The number of furan rings is 1. The molecule has 7 nitrogen and oxygen atoms in total. The maximum absolute atomic E-state index is 12.2.